The van der Waals surface area contributed by atoms with Crippen LogP contribution >= 0.6 is 0 Å². The lowest BCUT2D eigenvalue weighted by molar-refractivity contribution is -0.227. The second-order valence-electron chi connectivity index (χ2n) is 9.46. The standard InChI is InChI=1S/C20H32O3/c1-13(2)7-18(5,14(3)4)17(21)23-20-10-15-6-16(11-20)9-19(22,8-15)12-20/h14-16,22H,1,6-12H2,2-5H3. The summed E-state index contributed by atoms with van der Waals surface area (Å²) in [5.41, 5.74) is -0.520. The highest BCUT2D eigenvalue weighted by Gasteiger charge is 2.60. The minimum Gasteiger partial charge on any atom is -0.459 e. The zero-order valence-corrected chi connectivity index (χ0v) is 15.2. The van der Waals surface area contributed by atoms with Crippen molar-refractivity contribution in [3.63, 3.8) is 0 Å². The van der Waals surface area contributed by atoms with Crippen LogP contribution in [0.5, 0.6) is 0 Å². The molecule has 4 aliphatic carbocycles. The number of aliphatic hydroxyl groups is 1. The molecule has 3 heteroatoms. The monoisotopic (exact) mass is 320 g/mol. The van der Waals surface area contributed by atoms with Gasteiger partial charge >= 0.3 is 5.97 Å². The van der Waals surface area contributed by atoms with E-state index in [4.69, 9.17) is 4.74 Å². The summed E-state index contributed by atoms with van der Waals surface area (Å²) in [6, 6.07) is 0. The van der Waals surface area contributed by atoms with Crippen LogP contribution in [0.3, 0.4) is 0 Å². The Morgan fingerprint density at radius 2 is 1.87 bits per heavy atom. The molecule has 4 rings (SSSR count). The summed E-state index contributed by atoms with van der Waals surface area (Å²) >= 11 is 0. The van der Waals surface area contributed by atoms with Crippen LogP contribution in [0.25, 0.3) is 0 Å². The quantitative estimate of drug-likeness (QED) is 0.609. The number of ether oxygens (including phenoxy) is 1. The zero-order valence-electron chi connectivity index (χ0n) is 15.2. The SMILES string of the molecule is C=C(C)CC(C)(C(=O)OC12CC3CC(CC(O)(C3)C1)C2)C(C)C. The van der Waals surface area contributed by atoms with Gasteiger partial charge in [-0.2, -0.15) is 0 Å². The highest BCUT2D eigenvalue weighted by molar-refractivity contribution is 5.77. The first-order valence-electron chi connectivity index (χ1n) is 9.16. The fourth-order valence-corrected chi connectivity index (χ4v) is 5.70. The van der Waals surface area contributed by atoms with Gasteiger partial charge in [0.2, 0.25) is 0 Å². The number of esters is 1. The van der Waals surface area contributed by atoms with Gasteiger partial charge in [-0.15, -0.1) is 6.58 Å². The highest BCUT2D eigenvalue weighted by atomic mass is 16.6. The van der Waals surface area contributed by atoms with Crippen molar-refractivity contribution >= 4 is 5.97 Å². The Morgan fingerprint density at radius 1 is 1.30 bits per heavy atom. The summed E-state index contributed by atoms with van der Waals surface area (Å²) in [5.74, 6) is 1.16. The van der Waals surface area contributed by atoms with Crippen LogP contribution in [-0.2, 0) is 9.53 Å². The first-order valence-corrected chi connectivity index (χ1v) is 9.16. The predicted molar refractivity (Wildman–Crippen MR) is 90.8 cm³/mol. The van der Waals surface area contributed by atoms with E-state index in [1.807, 2.05) is 13.8 Å². The minimum absolute atomic E-state index is 0.0962. The predicted octanol–water partition coefficient (Wildman–Crippen LogP) is 4.24. The molecule has 3 unspecified atom stereocenters. The maximum Gasteiger partial charge on any atom is 0.312 e. The second-order valence-corrected chi connectivity index (χ2v) is 9.46. The van der Waals surface area contributed by atoms with E-state index in [1.165, 1.54) is 6.42 Å². The smallest absolute Gasteiger partial charge is 0.312 e. The number of carbonyl (C=O) groups excluding carboxylic acids is 1. The van der Waals surface area contributed by atoms with Crippen molar-refractivity contribution < 1.29 is 14.6 Å². The molecule has 1 N–H and O–H groups in total. The summed E-state index contributed by atoms with van der Waals surface area (Å²) in [7, 11) is 0. The Bertz CT molecular complexity index is 507. The maximum absolute atomic E-state index is 13.1. The van der Waals surface area contributed by atoms with Gasteiger partial charge in [0.25, 0.3) is 0 Å². The second kappa shape index (κ2) is 5.34. The van der Waals surface area contributed by atoms with Gasteiger partial charge in [-0.25, -0.2) is 0 Å². The van der Waals surface area contributed by atoms with E-state index in [0.717, 1.165) is 31.3 Å². The first kappa shape index (κ1) is 17.0. The van der Waals surface area contributed by atoms with Crippen LogP contribution in [0.4, 0.5) is 0 Å². The third-order valence-corrected chi connectivity index (χ3v) is 6.70. The Hall–Kier alpha value is -0.830. The molecule has 130 valence electrons. The van der Waals surface area contributed by atoms with Crippen LogP contribution in [-0.4, -0.2) is 22.3 Å². The average Bonchev–Trinajstić information content (AvgIpc) is 2.33. The average molecular weight is 320 g/mol. The van der Waals surface area contributed by atoms with Gasteiger partial charge in [0.1, 0.15) is 5.60 Å². The van der Waals surface area contributed by atoms with E-state index in [0.29, 0.717) is 24.7 Å². The summed E-state index contributed by atoms with van der Waals surface area (Å²) < 4.78 is 6.20. The lowest BCUT2D eigenvalue weighted by Crippen LogP contribution is -2.61. The molecule has 0 aromatic rings. The molecule has 4 bridgehead atoms. The Morgan fingerprint density at radius 3 is 2.30 bits per heavy atom. The molecule has 0 aromatic heterocycles. The van der Waals surface area contributed by atoms with E-state index in [2.05, 4.69) is 20.4 Å². The van der Waals surface area contributed by atoms with E-state index >= 15 is 0 Å². The maximum atomic E-state index is 13.1. The lowest BCUT2D eigenvalue weighted by Gasteiger charge is -2.59. The number of allylic oxidation sites excluding steroid dienone is 1. The Balaban J connectivity index is 1.80. The lowest BCUT2D eigenvalue weighted by atomic mass is 9.52. The van der Waals surface area contributed by atoms with Crippen LogP contribution in [0.2, 0.25) is 0 Å². The summed E-state index contributed by atoms with van der Waals surface area (Å²) in [4.78, 5) is 13.1. The van der Waals surface area contributed by atoms with Gasteiger partial charge in [0, 0.05) is 6.42 Å². The van der Waals surface area contributed by atoms with Crippen LogP contribution in [0.15, 0.2) is 12.2 Å². The van der Waals surface area contributed by atoms with Crippen molar-refractivity contribution in [1.82, 2.24) is 0 Å². The van der Waals surface area contributed by atoms with E-state index in [1.54, 1.807) is 0 Å². The van der Waals surface area contributed by atoms with Crippen molar-refractivity contribution in [2.45, 2.75) is 83.8 Å². The third kappa shape index (κ3) is 2.97. The minimum atomic E-state index is -0.590. The van der Waals surface area contributed by atoms with E-state index < -0.39 is 16.6 Å². The molecule has 0 spiro atoms. The number of rotatable bonds is 5. The zero-order chi connectivity index (χ0) is 17.0. The topological polar surface area (TPSA) is 46.5 Å². The molecule has 3 nitrogen and oxygen atoms in total. The highest BCUT2D eigenvalue weighted by Crippen LogP contribution is 2.59. The molecule has 4 aliphatic rings. The molecule has 0 aliphatic heterocycles. The Labute approximate surface area is 140 Å². The normalized spacial score (nSPS) is 41.0. The van der Waals surface area contributed by atoms with Gasteiger partial charge in [0.15, 0.2) is 0 Å². The van der Waals surface area contributed by atoms with Crippen molar-refractivity contribution in [2.24, 2.45) is 23.2 Å². The molecular formula is C20H32O3. The molecule has 0 saturated heterocycles. The Kier molecular flexibility index (Phi) is 3.95. The van der Waals surface area contributed by atoms with Gasteiger partial charge in [-0.1, -0.05) is 19.4 Å². The van der Waals surface area contributed by atoms with Gasteiger partial charge in [-0.3, -0.25) is 4.79 Å². The van der Waals surface area contributed by atoms with Gasteiger partial charge in [-0.05, 0) is 70.1 Å². The number of carbonyl (C=O) groups is 1. The molecular weight excluding hydrogens is 288 g/mol. The molecule has 0 amide bonds. The van der Waals surface area contributed by atoms with Crippen LogP contribution in [0.1, 0.15) is 72.6 Å². The molecule has 0 radical (unpaired) electrons. The van der Waals surface area contributed by atoms with Crippen molar-refractivity contribution in [3.8, 4) is 0 Å². The molecule has 4 saturated carbocycles. The van der Waals surface area contributed by atoms with Gasteiger partial charge < -0.3 is 9.84 Å². The molecule has 4 fully saturated rings. The molecule has 3 atom stereocenters. The molecule has 0 aromatic carbocycles. The number of hydrogen-bond donors (Lipinski definition) is 1. The molecule has 23 heavy (non-hydrogen) atoms. The summed E-state index contributed by atoms with van der Waals surface area (Å²) in [6.45, 7) is 12.1. The fourth-order valence-electron chi connectivity index (χ4n) is 5.70. The van der Waals surface area contributed by atoms with Crippen molar-refractivity contribution in [1.29, 1.82) is 0 Å². The third-order valence-electron chi connectivity index (χ3n) is 6.70. The van der Waals surface area contributed by atoms with Gasteiger partial charge in [0.05, 0.1) is 11.0 Å². The summed E-state index contributed by atoms with van der Waals surface area (Å²) in [6.07, 6.45) is 6.19. The van der Waals surface area contributed by atoms with Crippen molar-refractivity contribution in [2.75, 3.05) is 0 Å². The molecule has 0 heterocycles. The number of hydrogen-bond acceptors (Lipinski definition) is 3. The largest absolute Gasteiger partial charge is 0.459 e. The van der Waals surface area contributed by atoms with E-state index in [-0.39, 0.29) is 11.9 Å². The van der Waals surface area contributed by atoms with Crippen LogP contribution in [0, 0.1) is 23.2 Å². The van der Waals surface area contributed by atoms with E-state index in [9.17, 15) is 9.90 Å². The first-order chi connectivity index (χ1) is 10.6. The van der Waals surface area contributed by atoms with Crippen LogP contribution < -0.4 is 0 Å². The summed E-state index contributed by atoms with van der Waals surface area (Å²) in [5, 5.41) is 10.8. The van der Waals surface area contributed by atoms with Crippen molar-refractivity contribution in [3.05, 3.63) is 12.2 Å². The fraction of sp³-hybridized carbons (Fsp3) is 0.850.